The summed E-state index contributed by atoms with van der Waals surface area (Å²) in [6, 6.07) is 11.7. The number of hydrogen-bond acceptors (Lipinski definition) is 5. The lowest BCUT2D eigenvalue weighted by molar-refractivity contribution is -0.121. The summed E-state index contributed by atoms with van der Waals surface area (Å²) >= 11 is 16.9. The molecule has 10 heteroatoms. The van der Waals surface area contributed by atoms with Crippen LogP contribution in [0, 0.1) is 0 Å². The van der Waals surface area contributed by atoms with E-state index in [1.807, 2.05) is 0 Å². The van der Waals surface area contributed by atoms with Crippen LogP contribution in [-0.4, -0.2) is 30.1 Å². The van der Waals surface area contributed by atoms with Crippen molar-refractivity contribution >= 4 is 52.3 Å². The minimum Gasteiger partial charge on any atom is -0.494 e. The molecule has 32 heavy (non-hydrogen) atoms. The molecule has 2 aromatic rings. The summed E-state index contributed by atoms with van der Waals surface area (Å²) in [7, 11) is 0. The maximum Gasteiger partial charge on any atom is 0.257 e. The van der Waals surface area contributed by atoms with Gasteiger partial charge in [0.2, 0.25) is 5.91 Å². The number of carbonyl (C=O) groups is 2. The number of benzene rings is 2. The number of ether oxygens (including phenoxy) is 2. The first-order valence-electron chi connectivity index (χ1n) is 10.1. The zero-order chi connectivity index (χ0) is 23.3. The van der Waals surface area contributed by atoms with Gasteiger partial charge in [-0.15, -0.1) is 0 Å². The molecule has 0 aliphatic rings. The van der Waals surface area contributed by atoms with E-state index in [4.69, 9.17) is 44.9 Å². The fourth-order valence-electron chi connectivity index (χ4n) is 2.46. The van der Waals surface area contributed by atoms with Gasteiger partial charge in [0.05, 0.1) is 18.2 Å². The van der Waals surface area contributed by atoms with Gasteiger partial charge in [-0.05, 0) is 61.5 Å². The molecular weight excluding hydrogens is 473 g/mol. The second-order valence-electron chi connectivity index (χ2n) is 6.71. The van der Waals surface area contributed by atoms with Crippen molar-refractivity contribution in [1.82, 2.24) is 16.2 Å². The summed E-state index contributed by atoms with van der Waals surface area (Å²) in [5.41, 5.74) is 5.34. The third kappa shape index (κ3) is 9.30. The molecule has 0 heterocycles. The largest absolute Gasteiger partial charge is 0.494 e. The van der Waals surface area contributed by atoms with Crippen LogP contribution in [0.25, 0.3) is 0 Å². The van der Waals surface area contributed by atoms with Crippen LogP contribution in [0.3, 0.4) is 0 Å². The van der Waals surface area contributed by atoms with Gasteiger partial charge in [-0.3, -0.25) is 25.8 Å². The second kappa shape index (κ2) is 13.8. The minimum absolute atomic E-state index is 0.0233. The number of carbonyl (C=O) groups excluding carboxylic acids is 2. The molecule has 0 fully saturated rings. The molecule has 0 spiro atoms. The van der Waals surface area contributed by atoms with E-state index in [0.717, 1.165) is 12.8 Å². The van der Waals surface area contributed by atoms with Crippen molar-refractivity contribution in [2.24, 2.45) is 0 Å². The van der Waals surface area contributed by atoms with Crippen LogP contribution in [0.4, 0.5) is 0 Å². The van der Waals surface area contributed by atoms with E-state index in [2.05, 4.69) is 23.1 Å². The quantitative estimate of drug-likeness (QED) is 0.251. The van der Waals surface area contributed by atoms with E-state index in [1.165, 1.54) is 0 Å². The van der Waals surface area contributed by atoms with E-state index in [1.54, 1.807) is 42.5 Å². The highest BCUT2D eigenvalue weighted by atomic mass is 35.5. The molecule has 0 aromatic heterocycles. The first-order valence-corrected chi connectivity index (χ1v) is 11.3. The van der Waals surface area contributed by atoms with Crippen LogP contribution < -0.4 is 25.6 Å². The van der Waals surface area contributed by atoms with Crippen LogP contribution in [0.5, 0.6) is 11.5 Å². The molecule has 0 atom stereocenters. The lowest BCUT2D eigenvalue weighted by Gasteiger charge is -2.12. The highest BCUT2D eigenvalue weighted by molar-refractivity contribution is 7.80. The third-order valence-corrected chi connectivity index (χ3v) is 4.84. The average Bonchev–Trinajstić information content (AvgIpc) is 2.77. The lowest BCUT2D eigenvalue weighted by Crippen LogP contribution is -2.48. The van der Waals surface area contributed by atoms with Crippen molar-refractivity contribution in [2.75, 3.05) is 13.2 Å². The van der Waals surface area contributed by atoms with Crippen molar-refractivity contribution < 1.29 is 19.1 Å². The SMILES string of the molecule is CCCCOc1cccc(C(=O)NC(=S)NNC(=O)CCCOc2ccc(Cl)cc2Cl)c1. The second-order valence-corrected chi connectivity index (χ2v) is 7.96. The van der Waals surface area contributed by atoms with E-state index in [9.17, 15) is 9.59 Å². The number of amides is 2. The molecule has 3 N–H and O–H groups in total. The molecule has 0 saturated heterocycles. The van der Waals surface area contributed by atoms with Gasteiger partial charge in [-0.1, -0.05) is 42.6 Å². The molecule has 7 nitrogen and oxygen atoms in total. The zero-order valence-corrected chi connectivity index (χ0v) is 19.9. The predicted molar refractivity (Wildman–Crippen MR) is 129 cm³/mol. The van der Waals surface area contributed by atoms with Crippen molar-refractivity contribution in [3.8, 4) is 11.5 Å². The molecule has 0 saturated carbocycles. The Hall–Kier alpha value is -2.55. The fourth-order valence-corrected chi connectivity index (χ4v) is 3.07. The van der Waals surface area contributed by atoms with Gasteiger partial charge in [0.15, 0.2) is 5.11 Å². The van der Waals surface area contributed by atoms with E-state index in [-0.39, 0.29) is 17.4 Å². The number of rotatable bonds is 10. The first-order chi connectivity index (χ1) is 15.4. The molecule has 172 valence electrons. The Morgan fingerprint density at radius 2 is 1.78 bits per heavy atom. The summed E-state index contributed by atoms with van der Waals surface area (Å²) in [4.78, 5) is 24.3. The summed E-state index contributed by atoms with van der Waals surface area (Å²) in [6.07, 6.45) is 2.60. The van der Waals surface area contributed by atoms with Crippen LogP contribution in [0.2, 0.25) is 10.0 Å². The van der Waals surface area contributed by atoms with Gasteiger partial charge >= 0.3 is 0 Å². The van der Waals surface area contributed by atoms with Gasteiger partial charge in [-0.2, -0.15) is 0 Å². The molecule has 0 radical (unpaired) electrons. The summed E-state index contributed by atoms with van der Waals surface area (Å²) in [5.74, 6) is 0.392. The van der Waals surface area contributed by atoms with E-state index >= 15 is 0 Å². The molecule has 2 rings (SSSR count). The Kier molecular flexibility index (Phi) is 11.1. The topological polar surface area (TPSA) is 88.7 Å². The first kappa shape index (κ1) is 25.7. The van der Waals surface area contributed by atoms with E-state index < -0.39 is 5.91 Å². The summed E-state index contributed by atoms with van der Waals surface area (Å²) in [6.45, 7) is 2.96. The lowest BCUT2D eigenvalue weighted by atomic mass is 10.2. The van der Waals surface area contributed by atoms with Gasteiger partial charge < -0.3 is 9.47 Å². The zero-order valence-electron chi connectivity index (χ0n) is 17.6. The Morgan fingerprint density at radius 1 is 1.00 bits per heavy atom. The molecule has 0 aliphatic heterocycles. The number of halogens is 2. The van der Waals surface area contributed by atoms with Crippen molar-refractivity contribution in [3.63, 3.8) is 0 Å². The number of nitrogens with one attached hydrogen (secondary N) is 3. The number of thiocarbonyl (C=S) groups is 1. The number of hydrogen-bond donors (Lipinski definition) is 3. The van der Waals surface area contributed by atoms with Crippen LogP contribution in [0.1, 0.15) is 43.0 Å². The molecule has 2 aromatic carbocycles. The molecule has 0 bridgehead atoms. The highest BCUT2D eigenvalue weighted by Crippen LogP contribution is 2.27. The monoisotopic (exact) mass is 497 g/mol. The van der Waals surface area contributed by atoms with Gasteiger partial charge in [0, 0.05) is 17.0 Å². The summed E-state index contributed by atoms with van der Waals surface area (Å²) < 4.78 is 11.1. The molecule has 2 amide bonds. The Labute approximate surface area is 202 Å². The molecular formula is C22H25Cl2N3O4S. The normalized spacial score (nSPS) is 10.2. The fraction of sp³-hybridized carbons (Fsp3) is 0.318. The smallest absolute Gasteiger partial charge is 0.257 e. The van der Waals surface area contributed by atoms with Gasteiger partial charge in [0.1, 0.15) is 11.5 Å². The maximum absolute atomic E-state index is 12.3. The highest BCUT2D eigenvalue weighted by Gasteiger charge is 2.10. The number of unbranched alkanes of at least 4 members (excludes halogenated alkanes) is 1. The molecule has 0 unspecified atom stereocenters. The minimum atomic E-state index is -0.411. The van der Waals surface area contributed by atoms with E-state index in [0.29, 0.717) is 46.7 Å². The van der Waals surface area contributed by atoms with Crippen LogP contribution >= 0.6 is 35.4 Å². The van der Waals surface area contributed by atoms with Crippen molar-refractivity contribution in [2.45, 2.75) is 32.6 Å². The Morgan fingerprint density at radius 3 is 2.53 bits per heavy atom. The van der Waals surface area contributed by atoms with Crippen molar-refractivity contribution in [3.05, 3.63) is 58.1 Å². The third-order valence-electron chi connectivity index (χ3n) is 4.11. The standard InChI is InChI=1S/C22H25Cl2N3O4S/c1-2-3-11-30-17-7-4-6-15(13-17)21(29)25-22(32)27-26-20(28)8-5-12-31-19-10-9-16(23)14-18(19)24/h4,6-7,9-10,13-14H,2-3,5,8,11-12H2,1H3,(H,26,28)(H2,25,27,29,32). The number of hydrazine groups is 1. The van der Waals surface area contributed by atoms with Crippen molar-refractivity contribution in [1.29, 1.82) is 0 Å². The van der Waals surface area contributed by atoms with Gasteiger partial charge in [0.25, 0.3) is 5.91 Å². The maximum atomic E-state index is 12.3. The summed E-state index contributed by atoms with van der Waals surface area (Å²) in [5, 5.41) is 3.41. The Bertz CT molecular complexity index is 943. The van der Waals surface area contributed by atoms with Crippen LogP contribution in [-0.2, 0) is 4.79 Å². The average molecular weight is 498 g/mol. The van der Waals surface area contributed by atoms with Crippen LogP contribution in [0.15, 0.2) is 42.5 Å². The molecule has 0 aliphatic carbocycles. The predicted octanol–water partition coefficient (Wildman–Crippen LogP) is 4.67. The Balaban J connectivity index is 1.67. The van der Waals surface area contributed by atoms with Gasteiger partial charge in [-0.25, -0.2) is 0 Å².